The number of amides is 1. The van der Waals surface area contributed by atoms with Crippen molar-refractivity contribution in [2.24, 2.45) is 0 Å². The van der Waals surface area contributed by atoms with Crippen LogP contribution in [0.15, 0.2) is 54.6 Å². The second-order valence-electron chi connectivity index (χ2n) is 5.70. The van der Waals surface area contributed by atoms with Crippen molar-refractivity contribution in [3.8, 4) is 0 Å². The molecule has 1 amide bonds. The minimum atomic E-state index is -0.982. The fourth-order valence-corrected chi connectivity index (χ4v) is 2.70. The Morgan fingerprint density at radius 1 is 1.23 bits per heavy atom. The average molecular weight is 299 g/mol. The number of nitrogens with one attached hydrogen (secondary N) is 1. The third kappa shape index (κ3) is 3.52. The molecule has 114 valence electrons. The van der Waals surface area contributed by atoms with Crippen molar-refractivity contribution in [3.63, 3.8) is 0 Å². The van der Waals surface area contributed by atoms with E-state index in [0.717, 1.165) is 6.42 Å². The van der Waals surface area contributed by atoms with E-state index in [9.17, 15) is 14.3 Å². The third-order valence-corrected chi connectivity index (χ3v) is 3.98. The number of hydrogen-bond acceptors (Lipinski definition) is 2. The van der Waals surface area contributed by atoms with E-state index in [0.29, 0.717) is 11.5 Å². The summed E-state index contributed by atoms with van der Waals surface area (Å²) < 4.78 is 13.1. The van der Waals surface area contributed by atoms with Gasteiger partial charge < -0.3 is 10.4 Å². The predicted octanol–water partition coefficient (Wildman–Crippen LogP) is 2.92. The fourth-order valence-electron chi connectivity index (χ4n) is 2.70. The van der Waals surface area contributed by atoms with Crippen LogP contribution >= 0.6 is 0 Å². The van der Waals surface area contributed by atoms with Gasteiger partial charge in [0.25, 0.3) is 0 Å². The van der Waals surface area contributed by atoms with Crippen molar-refractivity contribution in [1.29, 1.82) is 0 Å². The highest BCUT2D eigenvalue weighted by Gasteiger charge is 2.39. The normalized spacial score (nSPS) is 21.2. The van der Waals surface area contributed by atoms with E-state index in [1.165, 1.54) is 23.8 Å². The van der Waals surface area contributed by atoms with Crippen molar-refractivity contribution in [2.75, 3.05) is 0 Å². The molecule has 3 atom stereocenters. The Balaban J connectivity index is 1.51. The number of carbonyl (C=O) groups excluding carboxylic acids is 1. The maximum absolute atomic E-state index is 13.1. The van der Waals surface area contributed by atoms with E-state index in [2.05, 4.69) is 17.4 Å². The van der Waals surface area contributed by atoms with E-state index in [4.69, 9.17) is 0 Å². The summed E-state index contributed by atoms with van der Waals surface area (Å²) in [5.74, 6) is -0.264. The molecule has 1 aliphatic rings. The van der Waals surface area contributed by atoms with Gasteiger partial charge in [-0.1, -0.05) is 42.5 Å². The number of rotatable bonds is 5. The maximum atomic E-state index is 13.1. The Labute approximate surface area is 128 Å². The van der Waals surface area contributed by atoms with Crippen LogP contribution in [0.2, 0.25) is 0 Å². The zero-order valence-corrected chi connectivity index (χ0v) is 12.1. The molecule has 1 saturated carbocycles. The summed E-state index contributed by atoms with van der Waals surface area (Å²) in [7, 11) is 0. The number of carbonyl (C=O) groups is 1. The Morgan fingerprint density at radius 3 is 2.73 bits per heavy atom. The molecule has 0 spiro atoms. The van der Waals surface area contributed by atoms with Gasteiger partial charge in [-0.2, -0.15) is 0 Å². The topological polar surface area (TPSA) is 49.3 Å². The number of benzene rings is 2. The lowest BCUT2D eigenvalue weighted by Gasteiger charge is -2.11. The molecule has 4 heteroatoms. The van der Waals surface area contributed by atoms with Crippen molar-refractivity contribution in [3.05, 3.63) is 71.5 Å². The summed E-state index contributed by atoms with van der Waals surface area (Å²) in [6.45, 7) is 0. The van der Waals surface area contributed by atoms with Gasteiger partial charge in [0, 0.05) is 12.0 Å². The first-order chi connectivity index (χ1) is 10.6. The van der Waals surface area contributed by atoms with E-state index in [-0.39, 0.29) is 18.4 Å². The average Bonchev–Trinajstić information content (AvgIpc) is 3.27. The van der Waals surface area contributed by atoms with E-state index >= 15 is 0 Å². The number of hydrogen-bond donors (Lipinski definition) is 2. The summed E-state index contributed by atoms with van der Waals surface area (Å²) in [6, 6.07) is 15.9. The Kier molecular flexibility index (Phi) is 4.20. The summed E-state index contributed by atoms with van der Waals surface area (Å²) in [4.78, 5) is 12.0. The molecule has 0 radical (unpaired) electrons. The van der Waals surface area contributed by atoms with Crippen LogP contribution in [0, 0.1) is 5.82 Å². The number of aliphatic hydroxyl groups excluding tert-OH is 1. The smallest absolute Gasteiger partial charge is 0.223 e. The SMILES string of the molecule is O=C(CC(O)c1cccc(F)c1)NC1CC1c1ccccc1. The second kappa shape index (κ2) is 6.28. The van der Waals surface area contributed by atoms with Crippen molar-refractivity contribution in [1.82, 2.24) is 5.32 Å². The minimum Gasteiger partial charge on any atom is -0.388 e. The molecule has 3 nitrogen and oxygen atoms in total. The van der Waals surface area contributed by atoms with Crippen molar-refractivity contribution in [2.45, 2.75) is 30.9 Å². The summed E-state index contributed by atoms with van der Waals surface area (Å²) in [6.07, 6.45) is -0.113. The Hall–Kier alpha value is -2.20. The molecule has 3 rings (SSSR count). The van der Waals surface area contributed by atoms with E-state index < -0.39 is 11.9 Å². The first-order valence-corrected chi connectivity index (χ1v) is 7.41. The zero-order valence-electron chi connectivity index (χ0n) is 12.1. The van der Waals surface area contributed by atoms with Gasteiger partial charge in [-0.15, -0.1) is 0 Å². The summed E-state index contributed by atoms with van der Waals surface area (Å²) >= 11 is 0. The molecular formula is C18H18FNO2. The van der Waals surface area contributed by atoms with Crippen molar-refractivity contribution < 1.29 is 14.3 Å². The maximum Gasteiger partial charge on any atom is 0.223 e. The van der Waals surface area contributed by atoms with Gasteiger partial charge in [-0.25, -0.2) is 4.39 Å². The van der Waals surface area contributed by atoms with Gasteiger partial charge >= 0.3 is 0 Å². The summed E-state index contributed by atoms with van der Waals surface area (Å²) in [5, 5.41) is 12.9. The molecule has 1 fully saturated rings. The Bertz CT molecular complexity index is 659. The van der Waals surface area contributed by atoms with E-state index in [1.54, 1.807) is 6.07 Å². The first kappa shape index (κ1) is 14.7. The van der Waals surface area contributed by atoms with Crippen LogP contribution in [0.5, 0.6) is 0 Å². The molecule has 2 N–H and O–H groups in total. The molecule has 0 heterocycles. The first-order valence-electron chi connectivity index (χ1n) is 7.41. The lowest BCUT2D eigenvalue weighted by Crippen LogP contribution is -2.28. The lowest BCUT2D eigenvalue weighted by atomic mass is 10.1. The lowest BCUT2D eigenvalue weighted by molar-refractivity contribution is -0.123. The van der Waals surface area contributed by atoms with Gasteiger partial charge in [-0.3, -0.25) is 4.79 Å². The van der Waals surface area contributed by atoms with Gasteiger partial charge in [0.2, 0.25) is 5.91 Å². The van der Waals surface area contributed by atoms with Crippen LogP contribution in [0.3, 0.4) is 0 Å². The van der Waals surface area contributed by atoms with Crippen LogP contribution in [-0.4, -0.2) is 17.1 Å². The highest BCUT2D eigenvalue weighted by atomic mass is 19.1. The fraction of sp³-hybridized carbons (Fsp3) is 0.278. The quantitative estimate of drug-likeness (QED) is 0.892. The van der Waals surface area contributed by atoms with Crippen LogP contribution in [0.4, 0.5) is 4.39 Å². The molecule has 0 saturated heterocycles. The van der Waals surface area contributed by atoms with Gasteiger partial charge in [0.1, 0.15) is 5.82 Å². The molecule has 3 unspecified atom stereocenters. The molecule has 2 aromatic carbocycles. The van der Waals surface area contributed by atoms with E-state index in [1.807, 2.05) is 18.2 Å². The van der Waals surface area contributed by atoms with Gasteiger partial charge in [0.05, 0.1) is 12.5 Å². The van der Waals surface area contributed by atoms with Gasteiger partial charge in [-0.05, 0) is 29.7 Å². The number of halogens is 1. The molecule has 0 bridgehead atoms. The molecular weight excluding hydrogens is 281 g/mol. The molecule has 1 aliphatic carbocycles. The Morgan fingerprint density at radius 2 is 2.00 bits per heavy atom. The van der Waals surface area contributed by atoms with Crippen molar-refractivity contribution >= 4 is 5.91 Å². The molecule has 2 aromatic rings. The molecule has 0 aromatic heterocycles. The third-order valence-electron chi connectivity index (χ3n) is 3.98. The molecule has 22 heavy (non-hydrogen) atoms. The minimum absolute atomic E-state index is 0.0541. The van der Waals surface area contributed by atoms with Crippen LogP contribution in [0.25, 0.3) is 0 Å². The highest BCUT2D eigenvalue weighted by Crippen LogP contribution is 2.40. The predicted molar refractivity (Wildman–Crippen MR) is 81.7 cm³/mol. The number of aliphatic hydroxyl groups is 1. The van der Waals surface area contributed by atoms with Gasteiger partial charge in [0.15, 0.2) is 0 Å². The second-order valence-corrected chi connectivity index (χ2v) is 5.70. The monoisotopic (exact) mass is 299 g/mol. The standard InChI is InChI=1S/C18H18FNO2/c19-14-8-4-7-13(9-14)17(21)11-18(22)20-16-10-15(16)12-5-2-1-3-6-12/h1-9,15-17,21H,10-11H2,(H,20,22). The van der Waals surface area contributed by atoms with Crippen LogP contribution in [-0.2, 0) is 4.79 Å². The molecule has 0 aliphatic heterocycles. The highest BCUT2D eigenvalue weighted by molar-refractivity contribution is 5.77. The summed E-state index contributed by atoms with van der Waals surface area (Å²) in [5.41, 5.74) is 1.64. The zero-order chi connectivity index (χ0) is 15.5. The van der Waals surface area contributed by atoms with Crippen LogP contribution in [0.1, 0.15) is 36.0 Å². The van der Waals surface area contributed by atoms with Crippen LogP contribution < -0.4 is 5.32 Å². The largest absolute Gasteiger partial charge is 0.388 e.